The molecule has 4 rings (SSSR count). The summed E-state index contributed by atoms with van der Waals surface area (Å²) in [6.45, 7) is 0.329. The van der Waals surface area contributed by atoms with Gasteiger partial charge in [-0.05, 0) is 35.4 Å². The van der Waals surface area contributed by atoms with E-state index in [4.69, 9.17) is 14.2 Å². The van der Waals surface area contributed by atoms with E-state index in [0.29, 0.717) is 5.75 Å². The first kappa shape index (κ1) is 21.7. The molecule has 5 nitrogen and oxygen atoms in total. The summed E-state index contributed by atoms with van der Waals surface area (Å²) in [7, 11) is 0. The molecule has 0 saturated heterocycles. The third kappa shape index (κ3) is 5.57. The highest BCUT2D eigenvalue weighted by molar-refractivity contribution is 5.96. The van der Waals surface area contributed by atoms with E-state index in [0.717, 1.165) is 11.1 Å². The second kappa shape index (κ2) is 10.7. The van der Waals surface area contributed by atoms with Gasteiger partial charge in [0.05, 0.1) is 5.56 Å². The molecule has 4 aromatic carbocycles. The molecule has 0 heterocycles. The molecule has 0 unspecified atom stereocenters. The van der Waals surface area contributed by atoms with E-state index in [1.807, 2.05) is 78.9 Å². The Hall–Kier alpha value is -4.56. The van der Waals surface area contributed by atoms with Crippen molar-refractivity contribution in [1.29, 1.82) is 5.26 Å². The lowest BCUT2D eigenvalue weighted by Crippen LogP contribution is -2.11. The normalized spacial score (nSPS) is 10.2. The molecule has 0 radical (unpaired) electrons. The van der Waals surface area contributed by atoms with E-state index in [1.54, 1.807) is 24.3 Å². The van der Waals surface area contributed by atoms with Gasteiger partial charge < -0.3 is 14.2 Å². The van der Waals surface area contributed by atoms with Gasteiger partial charge in [0, 0.05) is 0 Å². The summed E-state index contributed by atoms with van der Waals surface area (Å²) in [6.07, 6.45) is 0. The molecule has 0 bridgehead atoms. The Balaban J connectivity index is 1.69. The number of hydrogen-bond donors (Lipinski definition) is 0. The van der Waals surface area contributed by atoms with Crippen LogP contribution in [0.5, 0.6) is 17.2 Å². The Morgan fingerprint density at radius 2 is 1.30 bits per heavy atom. The van der Waals surface area contributed by atoms with E-state index >= 15 is 0 Å². The highest BCUT2D eigenvalue weighted by Gasteiger charge is 2.25. The van der Waals surface area contributed by atoms with Gasteiger partial charge in [-0.25, -0.2) is 4.79 Å². The lowest BCUT2D eigenvalue weighted by Gasteiger charge is -2.17. The molecule has 0 fully saturated rings. The van der Waals surface area contributed by atoms with E-state index in [9.17, 15) is 10.1 Å². The number of nitrogens with zero attached hydrogens (tertiary/aromatic N) is 1. The maximum atomic E-state index is 13.2. The molecule has 0 saturated carbocycles. The summed E-state index contributed by atoms with van der Waals surface area (Å²) in [5, 5.41) is 9.69. The number of benzene rings is 4. The van der Waals surface area contributed by atoms with Crippen LogP contribution in [0, 0.1) is 11.3 Å². The zero-order chi connectivity index (χ0) is 22.9. The van der Waals surface area contributed by atoms with Crippen LogP contribution < -0.4 is 9.47 Å². The van der Waals surface area contributed by atoms with Crippen molar-refractivity contribution < 1.29 is 19.0 Å². The van der Waals surface area contributed by atoms with Gasteiger partial charge in [0.25, 0.3) is 0 Å². The Labute approximate surface area is 192 Å². The maximum absolute atomic E-state index is 13.2. The molecule has 0 atom stereocenters. The van der Waals surface area contributed by atoms with Crippen LogP contribution in [0.3, 0.4) is 0 Å². The van der Waals surface area contributed by atoms with Crippen molar-refractivity contribution in [2.75, 3.05) is 0 Å². The fourth-order valence-corrected chi connectivity index (χ4v) is 3.21. The number of esters is 1. The van der Waals surface area contributed by atoms with E-state index in [1.165, 1.54) is 0 Å². The van der Waals surface area contributed by atoms with E-state index < -0.39 is 5.97 Å². The van der Waals surface area contributed by atoms with Crippen LogP contribution >= 0.6 is 0 Å². The predicted molar refractivity (Wildman–Crippen MR) is 124 cm³/mol. The van der Waals surface area contributed by atoms with Crippen molar-refractivity contribution in [3.63, 3.8) is 0 Å². The summed E-state index contributed by atoms with van der Waals surface area (Å²) in [4.78, 5) is 13.2. The number of carbonyl (C=O) groups excluding carboxylic acids is 1. The summed E-state index contributed by atoms with van der Waals surface area (Å²) in [6, 6.07) is 33.2. The second-order valence-corrected chi connectivity index (χ2v) is 7.18. The standard InChI is InChI=1S/C28H21NO4/c29-18-23-16-17-25(31-19-21-10-4-1-5-11-21)26(27(23)33-24-14-8-3-9-15-24)28(30)32-20-22-12-6-2-7-13-22/h1-17H,19-20H2. The zero-order valence-corrected chi connectivity index (χ0v) is 17.8. The third-order valence-electron chi connectivity index (χ3n) is 4.86. The molecule has 0 amide bonds. The third-order valence-corrected chi connectivity index (χ3v) is 4.86. The fraction of sp³-hybridized carbons (Fsp3) is 0.0714. The zero-order valence-electron chi connectivity index (χ0n) is 17.8. The Kier molecular flexibility index (Phi) is 6.99. The van der Waals surface area contributed by atoms with Crippen molar-refractivity contribution in [3.8, 4) is 23.3 Å². The molecule has 0 aromatic heterocycles. The molecule has 4 aromatic rings. The lowest BCUT2D eigenvalue weighted by atomic mass is 10.1. The number of hydrogen-bond acceptors (Lipinski definition) is 5. The number of rotatable bonds is 8. The molecular formula is C28H21NO4. The van der Waals surface area contributed by atoms with Crippen LogP contribution in [-0.4, -0.2) is 5.97 Å². The Morgan fingerprint density at radius 1 is 0.727 bits per heavy atom. The number of para-hydroxylation sites is 1. The molecular weight excluding hydrogens is 414 g/mol. The second-order valence-electron chi connectivity index (χ2n) is 7.18. The first-order valence-electron chi connectivity index (χ1n) is 10.4. The van der Waals surface area contributed by atoms with Crippen LogP contribution in [0.2, 0.25) is 0 Å². The summed E-state index contributed by atoms with van der Waals surface area (Å²) in [5.41, 5.74) is 2.07. The lowest BCUT2D eigenvalue weighted by molar-refractivity contribution is 0.0464. The highest BCUT2D eigenvalue weighted by Crippen LogP contribution is 2.36. The molecule has 0 aliphatic carbocycles. The molecule has 0 aliphatic rings. The SMILES string of the molecule is N#Cc1ccc(OCc2ccccc2)c(C(=O)OCc2ccccc2)c1Oc1ccccc1. The van der Waals surface area contributed by atoms with Gasteiger partial charge in [-0.15, -0.1) is 0 Å². The van der Waals surface area contributed by atoms with Gasteiger partial charge in [0.1, 0.15) is 36.3 Å². The van der Waals surface area contributed by atoms with Crippen molar-refractivity contribution in [1.82, 2.24) is 0 Å². The molecule has 162 valence electrons. The van der Waals surface area contributed by atoms with Crippen LogP contribution in [-0.2, 0) is 18.0 Å². The molecule has 0 N–H and O–H groups in total. The van der Waals surface area contributed by atoms with Crippen molar-refractivity contribution in [2.24, 2.45) is 0 Å². The largest absolute Gasteiger partial charge is 0.488 e. The minimum Gasteiger partial charge on any atom is -0.488 e. The van der Waals surface area contributed by atoms with E-state index in [-0.39, 0.29) is 35.8 Å². The van der Waals surface area contributed by atoms with Crippen molar-refractivity contribution in [3.05, 3.63) is 125 Å². The minimum absolute atomic E-state index is 0.0739. The summed E-state index contributed by atoms with van der Waals surface area (Å²) in [5.74, 6) is 0.241. The quantitative estimate of drug-likeness (QED) is 0.304. The predicted octanol–water partition coefficient (Wildman–Crippen LogP) is 6.29. The fourth-order valence-electron chi connectivity index (χ4n) is 3.21. The Bertz CT molecular complexity index is 1250. The monoisotopic (exact) mass is 435 g/mol. The first-order chi connectivity index (χ1) is 16.2. The average molecular weight is 435 g/mol. The van der Waals surface area contributed by atoms with Gasteiger partial charge in [-0.3, -0.25) is 0 Å². The summed E-state index contributed by atoms with van der Waals surface area (Å²) < 4.78 is 17.6. The molecule has 33 heavy (non-hydrogen) atoms. The number of nitriles is 1. The number of carbonyl (C=O) groups is 1. The van der Waals surface area contributed by atoms with Gasteiger partial charge in [0.15, 0.2) is 5.75 Å². The van der Waals surface area contributed by atoms with Crippen LogP contribution in [0.15, 0.2) is 103 Å². The Morgan fingerprint density at radius 3 is 1.91 bits per heavy atom. The van der Waals surface area contributed by atoms with Gasteiger partial charge >= 0.3 is 5.97 Å². The smallest absolute Gasteiger partial charge is 0.346 e. The maximum Gasteiger partial charge on any atom is 0.346 e. The highest BCUT2D eigenvalue weighted by atomic mass is 16.5. The average Bonchev–Trinajstić information content (AvgIpc) is 2.88. The topological polar surface area (TPSA) is 68.5 Å². The van der Waals surface area contributed by atoms with E-state index in [2.05, 4.69) is 6.07 Å². The molecule has 0 spiro atoms. The van der Waals surface area contributed by atoms with Gasteiger partial charge in [-0.2, -0.15) is 5.26 Å². The number of ether oxygens (including phenoxy) is 3. The van der Waals surface area contributed by atoms with Gasteiger partial charge in [-0.1, -0.05) is 78.9 Å². The van der Waals surface area contributed by atoms with Crippen LogP contribution in [0.4, 0.5) is 0 Å². The molecule has 5 heteroatoms. The minimum atomic E-state index is -0.634. The first-order valence-corrected chi connectivity index (χ1v) is 10.4. The van der Waals surface area contributed by atoms with Crippen molar-refractivity contribution in [2.45, 2.75) is 13.2 Å². The van der Waals surface area contributed by atoms with Gasteiger partial charge in [0.2, 0.25) is 0 Å². The molecule has 0 aliphatic heterocycles. The van der Waals surface area contributed by atoms with Crippen LogP contribution in [0.25, 0.3) is 0 Å². The summed E-state index contributed by atoms with van der Waals surface area (Å²) >= 11 is 0. The van der Waals surface area contributed by atoms with Crippen molar-refractivity contribution >= 4 is 5.97 Å². The van der Waals surface area contributed by atoms with Crippen LogP contribution in [0.1, 0.15) is 27.0 Å².